The number of hydrogen-bond donors (Lipinski definition) is 1. The molecule has 0 saturated carbocycles. The number of ether oxygens (including phenoxy) is 1. The molecule has 0 bridgehead atoms. The smallest absolute Gasteiger partial charge is 0.121 e. The minimum absolute atomic E-state index is 0.278. The molecule has 0 aliphatic rings. The van der Waals surface area contributed by atoms with E-state index in [9.17, 15) is 5.11 Å². The van der Waals surface area contributed by atoms with Crippen LogP contribution in [0.25, 0.3) is 0 Å². The average molecular weight is 337 g/mol. The Morgan fingerprint density at radius 2 is 2.00 bits per heavy atom. The molecule has 0 aliphatic carbocycles. The fraction of sp³-hybridized carbons (Fsp3) is 0.600. The molecule has 2 nitrogen and oxygen atoms in total. The van der Waals surface area contributed by atoms with Crippen molar-refractivity contribution < 1.29 is 9.84 Å². The quantitative estimate of drug-likeness (QED) is 0.606. The summed E-state index contributed by atoms with van der Waals surface area (Å²) in [5.74, 6) is 2.43. The highest BCUT2D eigenvalue weighted by Gasteiger charge is 2.06. The maximum atomic E-state index is 9.83. The number of benzene rings is 1. The summed E-state index contributed by atoms with van der Waals surface area (Å²) in [4.78, 5) is 0. The number of hydrogen-bond acceptors (Lipinski definition) is 3. The second-order valence-corrected chi connectivity index (χ2v) is 6.64. The zero-order valence-electron chi connectivity index (χ0n) is 11.8. The van der Waals surface area contributed by atoms with E-state index in [-0.39, 0.29) is 6.61 Å². The molecule has 1 aromatic carbocycles. The maximum Gasteiger partial charge on any atom is 0.121 e. The van der Waals surface area contributed by atoms with E-state index < -0.39 is 6.10 Å². The van der Waals surface area contributed by atoms with Crippen LogP contribution >= 0.6 is 35.0 Å². The Kier molecular flexibility index (Phi) is 9.53. The second-order valence-electron chi connectivity index (χ2n) is 4.68. The van der Waals surface area contributed by atoms with Crippen molar-refractivity contribution >= 4 is 35.0 Å². The van der Waals surface area contributed by atoms with Crippen molar-refractivity contribution in [3.63, 3.8) is 0 Å². The van der Waals surface area contributed by atoms with Crippen LogP contribution in [0.4, 0.5) is 0 Å². The summed E-state index contributed by atoms with van der Waals surface area (Å²) in [6, 6.07) is 5.10. The van der Waals surface area contributed by atoms with Crippen molar-refractivity contribution in [1.29, 1.82) is 0 Å². The molecule has 1 atom stereocenters. The molecule has 0 aliphatic heterocycles. The lowest BCUT2D eigenvalue weighted by atomic mass is 10.2. The van der Waals surface area contributed by atoms with Crippen LogP contribution in [0.2, 0.25) is 10.0 Å². The summed E-state index contributed by atoms with van der Waals surface area (Å²) in [6.45, 7) is 2.48. The number of unbranched alkanes of at least 4 members (excludes halogenated alkanes) is 3. The van der Waals surface area contributed by atoms with Gasteiger partial charge in [-0.2, -0.15) is 11.8 Å². The third-order valence-corrected chi connectivity index (χ3v) is 4.72. The molecule has 0 saturated heterocycles. The van der Waals surface area contributed by atoms with Gasteiger partial charge in [-0.25, -0.2) is 0 Å². The van der Waals surface area contributed by atoms with Gasteiger partial charge in [0.15, 0.2) is 0 Å². The first-order chi connectivity index (χ1) is 9.63. The molecule has 5 heteroatoms. The van der Waals surface area contributed by atoms with Crippen molar-refractivity contribution in [2.24, 2.45) is 0 Å². The molecule has 1 unspecified atom stereocenters. The minimum Gasteiger partial charge on any atom is -0.491 e. The van der Waals surface area contributed by atoms with Crippen LogP contribution in [-0.4, -0.2) is 29.3 Å². The molecular formula is C15H22Cl2O2S. The first-order valence-electron chi connectivity index (χ1n) is 6.97. The van der Waals surface area contributed by atoms with Crippen LogP contribution in [0.1, 0.15) is 32.6 Å². The Morgan fingerprint density at radius 1 is 1.20 bits per heavy atom. The molecule has 20 heavy (non-hydrogen) atoms. The van der Waals surface area contributed by atoms with Gasteiger partial charge in [-0.1, -0.05) is 49.4 Å². The van der Waals surface area contributed by atoms with Crippen LogP contribution in [0, 0.1) is 0 Å². The van der Waals surface area contributed by atoms with E-state index in [1.165, 1.54) is 25.7 Å². The topological polar surface area (TPSA) is 29.5 Å². The van der Waals surface area contributed by atoms with Gasteiger partial charge in [0, 0.05) is 11.8 Å². The number of rotatable bonds is 10. The highest BCUT2D eigenvalue weighted by atomic mass is 35.5. The highest BCUT2D eigenvalue weighted by molar-refractivity contribution is 7.99. The molecular weight excluding hydrogens is 315 g/mol. The Bertz CT molecular complexity index is 388. The summed E-state index contributed by atoms with van der Waals surface area (Å²) < 4.78 is 5.49. The molecule has 0 heterocycles. The van der Waals surface area contributed by atoms with E-state index in [1.54, 1.807) is 30.0 Å². The first kappa shape index (κ1) is 18.0. The highest BCUT2D eigenvalue weighted by Crippen LogP contribution is 2.26. The second kappa shape index (κ2) is 10.6. The van der Waals surface area contributed by atoms with Crippen LogP contribution in [0.5, 0.6) is 5.75 Å². The van der Waals surface area contributed by atoms with Gasteiger partial charge in [-0.15, -0.1) is 0 Å². The summed E-state index contributed by atoms with van der Waals surface area (Å²) in [5, 5.41) is 10.8. The summed E-state index contributed by atoms with van der Waals surface area (Å²) in [5.41, 5.74) is 0. The van der Waals surface area contributed by atoms with E-state index in [1.807, 2.05) is 0 Å². The van der Waals surface area contributed by atoms with Crippen molar-refractivity contribution in [1.82, 2.24) is 0 Å². The zero-order chi connectivity index (χ0) is 14.8. The third kappa shape index (κ3) is 7.63. The molecule has 1 N–H and O–H groups in total. The van der Waals surface area contributed by atoms with Gasteiger partial charge in [0.1, 0.15) is 12.4 Å². The van der Waals surface area contributed by atoms with Gasteiger partial charge in [0.25, 0.3) is 0 Å². The normalized spacial score (nSPS) is 12.4. The predicted molar refractivity (Wildman–Crippen MR) is 89.4 cm³/mol. The molecule has 0 amide bonds. The van der Waals surface area contributed by atoms with Gasteiger partial charge in [-0.05, 0) is 24.3 Å². The summed E-state index contributed by atoms with van der Waals surface area (Å²) in [7, 11) is 0. The number of halogens is 2. The first-order valence-corrected chi connectivity index (χ1v) is 8.88. The molecule has 0 aromatic heterocycles. The molecule has 0 spiro atoms. The number of aliphatic hydroxyl groups excluding tert-OH is 1. The van der Waals surface area contributed by atoms with Crippen LogP contribution < -0.4 is 4.74 Å². The fourth-order valence-electron chi connectivity index (χ4n) is 1.66. The lowest BCUT2D eigenvalue weighted by molar-refractivity contribution is 0.126. The van der Waals surface area contributed by atoms with Crippen molar-refractivity contribution in [2.45, 2.75) is 38.7 Å². The number of aliphatic hydroxyl groups is 1. The Morgan fingerprint density at radius 3 is 2.70 bits per heavy atom. The van der Waals surface area contributed by atoms with Crippen molar-refractivity contribution in [3.8, 4) is 5.75 Å². The minimum atomic E-state index is -0.458. The van der Waals surface area contributed by atoms with Gasteiger partial charge in [-0.3, -0.25) is 0 Å². The van der Waals surface area contributed by atoms with E-state index in [2.05, 4.69) is 6.92 Å². The van der Waals surface area contributed by atoms with Gasteiger partial charge in [0.05, 0.1) is 16.1 Å². The maximum absolute atomic E-state index is 9.83. The Hall–Kier alpha value is -0.0900. The SMILES string of the molecule is CCCCCCSCC(O)COc1ccc(Cl)c(Cl)c1. The molecule has 1 rings (SSSR count). The van der Waals surface area contributed by atoms with Gasteiger partial charge >= 0.3 is 0 Å². The van der Waals surface area contributed by atoms with E-state index in [0.29, 0.717) is 21.5 Å². The zero-order valence-corrected chi connectivity index (χ0v) is 14.1. The summed E-state index contributed by atoms with van der Waals surface area (Å²) in [6.07, 6.45) is 4.59. The predicted octanol–water partition coefficient (Wildman–Crippen LogP) is 5.05. The van der Waals surface area contributed by atoms with Crippen LogP contribution in [0.3, 0.4) is 0 Å². The summed E-state index contributed by atoms with van der Waals surface area (Å²) >= 11 is 13.5. The van der Waals surface area contributed by atoms with E-state index >= 15 is 0 Å². The Labute approximate surface area is 135 Å². The molecule has 1 aromatic rings. The third-order valence-electron chi connectivity index (χ3n) is 2.79. The lowest BCUT2D eigenvalue weighted by Crippen LogP contribution is -2.20. The lowest BCUT2D eigenvalue weighted by Gasteiger charge is -2.12. The van der Waals surface area contributed by atoms with E-state index in [0.717, 1.165) is 5.75 Å². The standard InChI is InChI=1S/C15H22Cl2O2S/c1-2-3-4-5-8-20-11-12(18)10-19-13-6-7-14(16)15(17)9-13/h6-7,9,12,18H,2-5,8,10-11H2,1H3. The van der Waals surface area contributed by atoms with Gasteiger partial charge in [0.2, 0.25) is 0 Å². The molecule has 114 valence electrons. The van der Waals surface area contributed by atoms with Gasteiger partial charge < -0.3 is 9.84 Å². The van der Waals surface area contributed by atoms with Crippen molar-refractivity contribution in [3.05, 3.63) is 28.2 Å². The number of thioether (sulfide) groups is 1. The van der Waals surface area contributed by atoms with Crippen LogP contribution in [-0.2, 0) is 0 Å². The van der Waals surface area contributed by atoms with Crippen LogP contribution in [0.15, 0.2) is 18.2 Å². The van der Waals surface area contributed by atoms with Crippen molar-refractivity contribution in [2.75, 3.05) is 18.1 Å². The Balaban J connectivity index is 2.13. The fourth-order valence-corrected chi connectivity index (χ4v) is 2.89. The monoisotopic (exact) mass is 336 g/mol. The van der Waals surface area contributed by atoms with E-state index in [4.69, 9.17) is 27.9 Å². The molecule has 0 radical (unpaired) electrons. The largest absolute Gasteiger partial charge is 0.491 e. The molecule has 0 fully saturated rings. The average Bonchev–Trinajstić information content (AvgIpc) is 2.44.